The van der Waals surface area contributed by atoms with Gasteiger partial charge in [0.2, 0.25) is 0 Å². The molecule has 0 fully saturated rings. The number of carbonyl (C=O) groups excluding carboxylic acids is 3. The van der Waals surface area contributed by atoms with E-state index in [9.17, 15) is 19.5 Å². The molecule has 0 heterocycles. The first-order valence-electron chi connectivity index (χ1n) is 9.83. The van der Waals surface area contributed by atoms with Gasteiger partial charge in [-0.25, -0.2) is 14.4 Å². The summed E-state index contributed by atoms with van der Waals surface area (Å²) in [5.74, 6) is -0.519. The predicted octanol–water partition coefficient (Wildman–Crippen LogP) is 2.03. The number of nitrogens with one attached hydrogen (secondary N) is 2. The number of ether oxygens (including phenoxy) is 4. The number of hydrogen-bond acceptors (Lipinski definition) is 8. The summed E-state index contributed by atoms with van der Waals surface area (Å²) in [6.07, 6.45) is 1.14. The van der Waals surface area contributed by atoms with E-state index in [4.69, 9.17) is 18.9 Å². The molecule has 0 aromatic rings. The Morgan fingerprint density at radius 2 is 1.27 bits per heavy atom. The van der Waals surface area contributed by atoms with Crippen LogP contribution in [0.15, 0.2) is 24.3 Å². The van der Waals surface area contributed by atoms with Crippen LogP contribution in [0.4, 0.5) is 9.59 Å². The Morgan fingerprint density at radius 3 is 1.73 bits per heavy atom. The molecule has 2 amide bonds. The fourth-order valence-corrected chi connectivity index (χ4v) is 1.91. The highest BCUT2D eigenvalue weighted by molar-refractivity contribution is 5.86. The lowest BCUT2D eigenvalue weighted by molar-refractivity contribution is -0.139. The van der Waals surface area contributed by atoms with Gasteiger partial charge in [0.05, 0.1) is 6.61 Å². The van der Waals surface area contributed by atoms with E-state index in [-0.39, 0.29) is 32.0 Å². The van der Waals surface area contributed by atoms with Crippen LogP contribution in [0.25, 0.3) is 0 Å². The van der Waals surface area contributed by atoms with Gasteiger partial charge in [0, 0.05) is 18.7 Å². The van der Waals surface area contributed by atoms with E-state index in [2.05, 4.69) is 23.8 Å². The van der Waals surface area contributed by atoms with Crippen LogP contribution in [0.1, 0.15) is 39.5 Å². The van der Waals surface area contributed by atoms with Crippen molar-refractivity contribution in [2.45, 2.75) is 45.8 Å². The highest BCUT2D eigenvalue weighted by Crippen LogP contribution is 2.00. The molecular weight excluding hydrogens is 396 g/mol. The molecule has 0 aliphatic rings. The molecule has 3 N–H and O–H groups in total. The first kappa shape index (κ1) is 27.4. The van der Waals surface area contributed by atoms with Gasteiger partial charge in [-0.1, -0.05) is 26.0 Å². The number of alkyl carbamates (subject to hydrolysis) is 2. The molecule has 10 nitrogen and oxygen atoms in total. The fourth-order valence-electron chi connectivity index (χ4n) is 1.91. The van der Waals surface area contributed by atoms with E-state index in [0.29, 0.717) is 18.7 Å². The van der Waals surface area contributed by atoms with Gasteiger partial charge in [0.15, 0.2) is 6.29 Å². The molecule has 0 saturated heterocycles. The first-order valence-corrected chi connectivity index (χ1v) is 9.83. The maximum Gasteiger partial charge on any atom is 0.407 e. The lowest BCUT2D eigenvalue weighted by Gasteiger charge is -2.12. The Bertz CT molecular complexity index is 565. The Morgan fingerprint density at radius 1 is 0.800 bits per heavy atom. The largest absolute Gasteiger partial charge is 0.459 e. The molecule has 10 heteroatoms. The molecule has 0 spiro atoms. The molecule has 1 atom stereocenters. The fraction of sp³-hybridized carbons (Fsp3) is 0.650. The number of hydrogen-bond donors (Lipinski definition) is 3. The van der Waals surface area contributed by atoms with Crippen LogP contribution < -0.4 is 10.6 Å². The van der Waals surface area contributed by atoms with Gasteiger partial charge >= 0.3 is 18.2 Å². The van der Waals surface area contributed by atoms with Crippen LogP contribution in [0.3, 0.4) is 0 Å². The number of esters is 1. The summed E-state index contributed by atoms with van der Waals surface area (Å²) in [7, 11) is 0. The zero-order valence-corrected chi connectivity index (χ0v) is 17.9. The van der Waals surface area contributed by atoms with Crippen molar-refractivity contribution in [3.63, 3.8) is 0 Å². The van der Waals surface area contributed by atoms with Crippen molar-refractivity contribution in [2.24, 2.45) is 0 Å². The Kier molecular flexibility index (Phi) is 15.8. The normalized spacial score (nSPS) is 11.2. The Labute approximate surface area is 177 Å². The minimum atomic E-state index is -1.06. The van der Waals surface area contributed by atoms with E-state index in [1.54, 1.807) is 6.92 Å². The summed E-state index contributed by atoms with van der Waals surface area (Å²) in [5.41, 5.74) is 0.768. The number of carbonyl (C=O) groups is 3. The minimum Gasteiger partial charge on any atom is -0.459 e. The predicted molar refractivity (Wildman–Crippen MR) is 110 cm³/mol. The Balaban J connectivity index is 3.43. The molecule has 0 aliphatic heterocycles. The molecule has 0 saturated carbocycles. The molecular formula is C20H34N2O8. The second-order valence-electron chi connectivity index (χ2n) is 6.53. The third-order valence-corrected chi connectivity index (χ3v) is 3.55. The summed E-state index contributed by atoms with van der Waals surface area (Å²) in [6, 6.07) is 0. The van der Waals surface area contributed by atoms with Crippen LogP contribution >= 0.6 is 0 Å². The summed E-state index contributed by atoms with van der Waals surface area (Å²) in [4.78, 5) is 34.0. The second-order valence-corrected chi connectivity index (χ2v) is 6.53. The van der Waals surface area contributed by atoms with Crippen molar-refractivity contribution in [1.82, 2.24) is 10.6 Å². The third kappa shape index (κ3) is 16.4. The van der Waals surface area contributed by atoms with E-state index in [1.807, 2.05) is 0 Å². The molecule has 0 aliphatic carbocycles. The summed E-state index contributed by atoms with van der Waals surface area (Å²) < 4.78 is 19.5. The van der Waals surface area contributed by atoms with Crippen LogP contribution in [0.5, 0.6) is 0 Å². The van der Waals surface area contributed by atoms with Crippen molar-refractivity contribution in [3.8, 4) is 0 Å². The minimum absolute atomic E-state index is 0.0159. The van der Waals surface area contributed by atoms with Crippen LogP contribution in [0, 0.1) is 0 Å². The lowest BCUT2D eigenvalue weighted by atomic mass is 10.2. The second kappa shape index (κ2) is 17.3. The SMILES string of the molecule is C=C(C)C(=O)OCCOC(=O)NCCCCCCNC(=O)OCCOC(O)C(=C)C. The molecule has 0 aromatic carbocycles. The van der Waals surface area contributed by atoms with Crippen molar-refractivity contribution < 1.29 is 38.4 Å². The lowest BCUT2D eigenvalue weighted by Crippen LogP contribution is -2.27. The van der Waals surface area contributed by atoms with E-state index in [0.717, 1.165) is 25.7 Å². The zero-order chi connectivity index (χ0) is 22.8. The van der Waals surface area contributed by atoms with Gasteiger partial charge < -0.3 is 34.7 Å². The monoisotopic (exact) mass is 430 g/mol. The summed E-state index contributed by atoms with van der Waals surface area (Å²) in [5, 5.41) is 14.6. The number of unbranched alkanes of at least 4 members (excludes halogenated alkanes) is 3. The molecule has 0 radical (unpaired) electrons. The molecule has 0 bridgehead atoms. The average Bonchev–Trinajstić information content (AvgIpc) is 2.69. The number of aliphatic hydroxyl groups is 1. The summed E-state index contributed by atoms with van der Waals surface area (Å²) in [6.45, 7) is 11.2. The average molecular weight is 430 g/mol. The number of aliphatic hydroxyl groups excluding tert-OH is 1. The maximum atomic E-state index is 11.4. The van der Waals surface area contributed by atoms with Crippen molar-refractivity contribution >= 4 is 18.2 Å². The van der Waals surface area contributed by atoms with E-state index >= 15 is 0 Å². The van der Waals surface area contributed by atoms with E-state index < -0.39 is 24.4 Å². The number of rotatable bonds is 16. The van der Waals surface area contributed by atoms with Crippen molar-refractivity contribution in [2.75, 3.05) is 39.5 Å². The molecule has 30 heavy (non-hydrogen) atoms. The van der Waals surface area contributed by atoms with Crippen molar-refractivity contribution in [1.29, 1.82) is 0 Å². The van der Waals surface area contributed by atoms with Gasteiger partial charge in [-0.05, 0) is 32.3 Å². The van der Waals surface area contributed by atoms with Crippen LogP contribution in [-0.4, -0.2) is 69.1 Å². The molecule has 0 rings (SSSR count). The van der Waals surface area contributed by atoms with Crippen molar-refractivity contribution in [3.05, 3.63) is 24.3 Å². The smallest absolute Gasteiger partial charge is 0.407 e. The number of amides is 2. The molecule has 0 aromatic heterocycles. The van der Waals surface area contributed by atoms with Gasteiger partial charge in [0.25, 0.3) is 0 Å². The highest BCUT2D eigenvalue weighted by Gasteiger charge is 2.06. The zero-order valence-electron chi connectivity index (χ0n) is 17.9. The van der Waals surface area contributed by atoms with Crippen LogP contribution in [0.2, 0.25) is 0 Å². The topological polar surface area (TPSA) is 132 Å². The standard InChI is InChI=1S/C20H34N2O8/c1-15(2)17(23)27-11-13-29-19(25)21-9-7-5-6-8-10-22-20(26)30-14-12-28-18(24)16(3)4/h17,23H,1,3,5-14H2,2,4H3,(H,21,25)(H,22,26). The maximum absolute atomic E-state index is 11.4. The van der Waals surface area contributed by atoms with Gasteiger partial charge in [-0.3, -0.25) is 0 Å². The highest BCUT2D eigenvalue weighted by atomic mass is 16.6. The van der Waals surface area contributed by atoms with Crippen LogP contribution in [-0.2, 0) is 23.7 Å². The first-order chi connectivity index (χ1) is 14.2. The van der Waals surface area contributed by atoms with E-state index in [1.165, 1.54) is 6.92 Å². The Hall–Kier alpha value is -2.59. The summed E-state index contributed by atoms with van der Waals surface area (Å²) >= 11 is 0. The van der Waals surface area contributed by atoms with Gasteiger partial charge in [0.1, 0.15) is 19.8 Å². The quantitative estimate of drug-likeness (QED) is 0.0846. The van der Waals surface area contributed by atoms with Gasteiger partial charge in [-0.15, -0.1) is 0 Å². The molecule has 1 unspecified atom stereocenters. The molecule has 172 valence electrons. The third-order valence-electron chi connectivity index (χ3n) is 3.55. The van der Waals surface area contributed by atoms with Gasteiger partial charge in [-0.2, -0.15) is 0 Å².